The molecule has 1 aliphatic heterocycles. The molecule has 1 atom stereocenters. The van der Waals surface area contributed by atoms with Crippen LogP contribution in [0.3, 0.4) is 0 Å². The van der Waals surface area contributed by atoms with Crippen molar-refractivity contribution >= 4 is 0 Å². The third-order valence-corrected chi connectivity index (χ3v) is 3.14. The van der Waals surface area contributed by atoms with E-state index in [2.05, 4.69) is 30.1 Å². The number of aliphatic hydroxyl groups is 1. The molecule has 0 aromatic rings. The van der Waals surface area contributed by atoms with Gasteiger partial charge in [0.1, 0.15) is 0 Å². The first-order valence-corrected chi connectivity index (χ1v) is 6.34. The molecule has 1 saturated heterocycles. The van der Waals surface area contributed by atoms with Crippen LogP contribution < -0.4 is 5.32 Å². The maximum Gasteiger partial charge on any atom is 0.0582 e. The van der Waals surface area contributed by atoms with Gasteiger partial charge in [-0.1, -0.05) is 11.6 Å². The summed E-state index contributed by atoms with van der Waals surface area (Å²) in [6.07, 6.45) is 4.69. The third kappa shape index (κ3) is 5.10. The fraction of sp³-hybridized carbons (Fsp3) is 0.846. The number of aliphatic hydroxyl groups excluding tert-OH is 1. The average molecular weight is 226 g/mol. The SMILES string of the molecule is CC(C)=CCN1CCC(N[C@H](C)CO)CC1. The molecule has 0 amide bonds. The standard InChI is InChI=1S/C13H26N2O/c1-11(2)4-7-15-8-5-13(6-9-15)14-12(3)10-16/h4,12-14,16H,5-10H2,1-3H3/t12-/m1/s1. The normalized spacial score (nSPS) is 20.8. The van der Waals surface area contributed by atoms with Crippen molar-refractivity contribution in [3.63, 3.8) is 0 Å². The zero-order chi connectivity index (χ0) is 12.0. The maximum atomic E-state index is 8.98. The average Bonchev–Trinajstić information content (AvgIpc) is 2.28. The van der Waals surface area contributed by atoms with Crippen LogP contribution in [0.2, 0.25) is 0 Å². The van der Waals surface area contributed by atoms with Crippen LogP contribution in [0.4, 0.5) is 0 Å². The molecular weight excluding hydrogens is 200 g/mol. The van der Waals surface area contributed by atoms with Gasteiger partial charge in [-0.05, 0) is 46.7 Å². The molecule has 1 heterocycles. The summed E-state index contributed by atoms with van der Waals surface area (Å²) in [5.41, 5.74) is 1.40. The predicted octanol–water partition coefficient (Wildman–Crippen LogP) is 1.39. The third-order valence-electron chi connectivity index (χ3n) is 3.14. The highest BCUT2D eigenvalue weighted by molar-refractivity contribution is 4.95. The second kappa shape index (κ2) is 7.05. The minimum Gasteiger partial charge on any atom is -0.395 e. The molecule has 0 spiro atoms. The van der Waals surface area contributed by atoms with E-state index in [0.29, 0.717) is 6.04 Å². The van der Waals surface area contributed by atoms with Crippen molar-refractivity contribution in [3.8, 4) is 0 Å². The van der Waals surface area contributed by atoms with Gasteiger partial charge >= 0.3 is 0 Å². The number of hydrogen-bond donors (Lipinski definition) is 2. The fourth-order valence-electron chi connectivity index (χ4n) is 2.05. The van der Waals surface area contributed by atoms with Gasteiger partial charge in [0.2, 0.25) is 0 Å². The van der Waals surface area contributed by atoms with Crippen LogP contribution in [0, 0.1) is 0 Å². The minimum absolute atomic E-state index is 0.231. The zero-order valence-corrected chi connectivity index (χ0v) is 10.9. The number of piperidine rings is 1. The Labute approximate surface area is 99.5 Å². The van der Waals surface area contributed by atoms with Gasteiger partial charge in [-0.25, -0.2) is 0 Å². The van der Waals surface area contributed by atoms with Crippen LogP contribution in [-0.4, -0.2) is 48.3 Å². The highest BCUT2D eigenvalue weighted by Crippen LogP contribution is 2.11. The molecule has 0 bridgehead atoms. The number of allylic oxidation sites excluding steroid dienone is 1. The molecule has 3 heteroatoms. The summed E-state index contributed by atoms with van der Waals surface area (Å²) in [5, 5.41) is 12.4. The van der Waals surface area contributed by atoms with Gasteiger partial charge in [0, 0.05) is 18.6 Å². The maximum absolute atomic E-state index is 8.98. The van der Waals surface area contributed by atoms with Crippen LogP contribution in [0.15, 0.2) is 11.6 Å². The Morgan fingerprint density at radius 3 is 2.56 bits per heavy atom. The molecular formula is C13H26N2O. The van der Waals surface area contributed by atoms with Crippen molar-refractivity contribution in [3.05, 3.63) is 11.6 Å². The first kappa shape index (κ1) is 13.7. The second-order valence-corrected chi connectivity index (χ2v) is 5.11. The van der Waals surface area contributed by atoms with E-state index in [9.17, 15) is 0 Å². The Balaban J connectivity index is 2.21. The summed E-state index contributed by atoms with van der Waals surface area (Å²) in [6, 6.07) is 0.819. The van der Waals surface area contributed by atoms with Crippen molar-refractivity contribution in [2.75, 3.05) is 26.2 Å². The Morgan fingerprint density at radius 2 is 2.06 bits per heavy atom. The molecule has 0 aromatic heterocycles. The molecule has 0 saturated carbocycles. The fourth-order valence-corrected chi connectivity index (χ4v) is 2.05. The van der Waals surface area contributed by atoms with Crippen molar-refractivity contribution in [1.82, 2.24) is 10.2 Å². The first-order valence-electron chi connectivity index (χ1n) is 6.34. The van der Waals surface area contributed by atoms with E-state index in [0.717, 1.165) is 6.54 Å². The lowest BCUT2D eigenvalue weighted by atomic mass is 10.0. The predicted molar refractivity (Wildman–Crippen MR) is 68.6 cm³/mol. The highest BCUT2D eigenvalue weighted by atomic mass is 16.3. The molecule has 3 nitrogen and oxygen atoms in total. The number of likely N-dealkylation sites (tertiary alicyclic amines) is 1. The molecule has 94 valence electrons. The van der Waals surface area contributed by atoms with E-state index in [1.54, 1.807) is 0 Å². The van der Waals surface area contributed by atoms with Crippen molar-refractivity contribution < 1.29 is 5.11 Å². The van der Waals surface area contributed by atoms with Crippen LogP contribution in [0.25, 0.3) is 0 Å². The van der Waals surface area contributed by atoms with Gasteiger partial charge < -0.3 is 10.4 Å². The zero-order valence-electron chi connectivity index (χ0n) is 10.9. The number of rotatable bonds is 5. The van der Waals surface area contributed by atoms with E-state index in [4.69, 9.17) is 5.11 Å². The van der Waals surface area contributed by atoms with Gasteiger partial charge in [0.05, 0.1) is 6.61 Å². The largest absolute Gasteiger partial charge is 0.395 e. The van der Waals surface area contributed by atoms with E-state index in [1.807, 2.05) is 6.92 Å². The Morgan fingerprint density at radius 1 is 1.44 bits per heavy atom. The smallest absolute Gasteiger partial charge is 0.0582 e. The van der Waals surface area contributed by atoms with E-state index >= 15 is 0 Å². The topological polar surface area (TPSA) is 35.5 Å². The van der Waals surface area contributed by atoms with Crippen LogP contribution in [0.5, 0.6) is 0 Å². The summed E-state index contributed by atoms with van der Waals surface area (Å²) >= 11 is 0. The minimum atomic E-state index is 0.231. The Kier molecular flexibility index (Phi) is 6.03. The summed E-state index contributed by atoms with van der Waals surface area (Å²) < 4.78 is 0. The Hall–Kier alpha value is -0.380. The van der Waals surface area contributed by atoms with E-state index < -0.39 is 0 Å². The number of nitrogens with zero attached hydrogens (tertiary/aromatic N) is 1. The first-order chi connectivity index (χ1) is 7.61. The van der Waals surface area contributed by atoms with E-state index in [-0.39, 0.29) is 12.6 Å². The van der Waals surface area contributed by atoms with Gasteiger partial charge in [0.25, 0.3) is 0 Å². The van der Waals surface area contributed by atoms with Gasteiger partial charge in [-0.15, -0.1) is 0 Å². The lowest BCUT2D eigenvalue weighted by Gasteiger charge is -2.33. The summed E-state index contributed by atoms with van der Waals surface area (Å²) in [4.78, 5) is 2.49. The van der Waals surface area contributed by atoms with E-state index in [1.165, 1.54) is 31.5 Å². The number of nitrogens with one attached hydrogen (secondary N) is 1. The van der Waals surface area contributed by atoms with Crippen LogP contribution in [-0.2, 0) is 0 Å². The van der Waals surface area contributed by atoms with Crippen LogP contribution >= 0.6 is 0 Å². The molecule has 1 fully saturated rings. The van der Waals surface area contributed by atoms with Gasteiger partial charge in [-0.2, -0.15) is 0 Å². The lowest BCUT2D eigenvalue weighted by Crippen LogP contribution is -2.46. The molecule has 0 aromatic carbocycles. The molecule has 1 rings (SSSR count). The molecule has 0 unspecified atom stereocenters. The summed E-state index contributed by atoms with van der Waals surface area (Å²) in [7, 11) is 0. The van der Waals surface area contributed by atoms with Crippen molar-refractivity contribution in [2.45, 2.75) is 45.7 Å². The lowest BCUT2D eigenvalue weighted by molar-refractivity contribution is 0.186. The molecule has 2 N–H and O–H groups in total. The number of hydrogen-bond acceptors (Lipinski definition) is 3. The highest BCUT2D eigenvalue weighted by Gasteiger charge is 2.19. The van der Waals surface area contributed by atoms with Crippen LogP contribution in [0.1, 0.15) is 33.6 Å². The second-order valence-electron chi connectivity index (χ2n) is 5.11. The summed E-state index contributed by atoms with van der Waals surface area (Å²) in [5.74, 6) is 0. The summed E-state index contributed by atoms with van der Waals surface area (Å²) in [6.45, 7) is 9.99. The molecule has 0 radical (unpaired) electrons. The Bertz CT molecular complexity index is 216. The molecule has 16 heavy (non-hydrogen) atoms. The molecule has 1 aliphatic rings. The molecule has 0 aliphatic carbocycles. The van der Waals surface area contributed by atoms with Gasteiger partial charge in [0.15, 0.2) is 0 Å². The quantitative estimate of drug-likeness (QED) is 0.695. The van der Waals surface area contributed by atoms with Crippen molar-refractivity contribution in [2.24, 2.45) is 0 Å². The van der Waals surface area contributed by atoms with Gasteiger partial charge in [-0.3, -0.25) is 4.90 Å². The monoisotopic (exact) mass is 226 g/mol. The van der Waals surface area contributed by atoms with Crippen molar-refractivity contribution in [1.29, 1.82) is 0 Å².